The van der Waals surface area contributed by atoms with Gasteiger partial charge in [-0.15, -0.1) is 0 Å². The van der Waals surface area contributed by atoms with Gasteiger partial charge in [0.1, 0.15) is 5.56 Å². The number of carboxylic acid groups (broad SMARTS) is 1. The fourth-order valence-electron chi connectivity index (χ4n) is 2.83. The molecule has 0 radical (unpaired) electrons. The van der Waals surface area contributed by atoms with E-state index >= 15 is 0 Å². The quantitative estimate of drug-likeness (QED) is 0.760. The standard InChI is InChI=1S/C20H20N2O2/c1-13(2)15-9-11-16(12-10-15)19-18(20(23)24)14(3)21-22(19)17-7-5-4-6-8-17/h4-13H,1-3H3,(H,23,24). The van der Waals surface area contributed by atoms with Crippen molar-refractivity contribution in [3.8, 4) is 16.9 Å². The van der Waals surface area contributed by atoms with Crippen LogP contribution in [-0.4, -0.2) is 20.9 Å². The number of carboxylic acids is 1. The van der Waals surface area contributed by atoms with Crippen LogP contribution in [-0.2, 0) is 0 Å². The number of nitrogens with zero attached hydrogens (tertiary/aromatic N) is 2. The van der Waals surface area contributed by atoms with Gasteiger partial charge in [0.2, 0.25) is 0 Å². The van der Waals surface area contributed by atoms with E-state index in [9.17, 15) is 9.90 Å². The first-order valence-electron chi connectivity index (χ1n) is 7.97. The third-order valence-corrected chi connectivity index (χ3v) is 4.13. The van der Waals surface area contributed by atoms with Gasteiger partial charge in [0.25, 0.3) is 0 Å². The fraction of sp³-hybridized carbons (Fsp3) is 0.200. The van der Waals surface area contributed by atoms with E-state index in [1.54, 1.807) is 11.6 Å². The number of aromatic carboxylic acids is 1. The summed E-state index contributed by atoms with van der Waals surface area (Å²) >= 11 is 0. The molecule has 4 heteroatoms. The summed E-state index contributed by atoms with van der Waals surface area (Å²) in [5.41, 5.74) is 4.28. The molecule has 0 atom stereocenters. The largest absolute Gasteiger partial charge is 0.478 e. The minimum absolute atomic E-state index is 0.246. The zero-order valence-electron chi connectivity index (χ0n) is 14.0. The van der Waals surface area contributed by atoms with Gasteiger partial charge in [0, 0.05) is 5.56 Å². The Morgan fingerprint density at radius 3 is 2.21 bits per heavy atom. The van der Waals surface area contributed by atoms with Crippen LogP contribution >= 0.6 is 0 Å². The number of aromatic nitrogens is 2. The molecular weight excluding hydrogens is 300 g/mol. The fourth-order valence-corrected chi connectivity index (χ4v) is 2.83. The van der Waals surface area contributed by atoms with Crippen LogP contribution in [0.15, 0.2) is 54.6 Å². The molecule has 0 unspecified atom stereocenters. The Kier molecular flexibility index (Phi) is 4.21. The molecule has 0 aliphatic rings. The molecule has 1 N–H and O–H groups in total. The van der Waals surface area contributed by atoms with Gasteiger partial charge in [-0.2, -0.15) is 5.10 Å². The summed E-state index contributed by atoms with van der Waals surface area (Å²) in [6.07, 6.45) is 0. The van der Waals surface area contributed by atoms with Crippen LogP contribution in [0.2, 0.25) is 0 Å². The van der Waals surface area contributed by atoms with Crippen molar-refractivity contribution in [3.63, 3.8) is 0 Å². The molecule has 1 aromatic heterocycles. The van der Waals surface area contributed by atoms with Crippen molar-refractivity contribution in [2.24, 2.45) is 0 Å². The third kappa shape index (κ3) is 2.83. The van der Waals surface area contributed by atoms with Crippen LogP contribution in [0.25, 0.3) is 16.9 Å². The lowest BCUT2D eigenvalue weighted by atomic mass is 9.99. The van der Waals surface area contributed by atoms with Gasteiger partial charge in [-0.3, -0.25) is 0 Å². The predicted molar refractivity (Wildman–Crippen MR) is 94.8 cm³/mol. The first kappa shape index (κ1) is 16.0. The van der Waals surface area contributed by atoms with Crippen LogP contribution in [0.3, 0.4) is 0 Å². The molecule has 3 aromatic rings. The molecule has 0 spiro atoms. The maximum atomic E-state index is 11.8. The van der Waals surface area contributed by atoms with E-state index in [1.807, 2.05) is 54.6 Å². The van der Waals surface area contributed by atoms with Gasteiger partial charge in [-0.1, -0.05) is 56.3 Å². The Morgan fingerprint density at radius 2 is 1.67 bits per heavy atom. The zero-order chi connectivity index (χ0) is 17.3. The summed E-state index contributed by atoms with van der Waals surface area (Å²) in [5.74, 6) is -0.531. The Balaban J connectivity index is 2.23. The first-order chi connectivity index (χ1) is 11.5. The lowest BCUT2D eigenvalue weighted by Crippen LogP contribution is -2.03. The zero-order valence-corrected chi connectivity index (χ0v) is 14.0. The molecule has 4 nitrogen and oxygen atoms in total. The average molecular weight is 320 g/mol. The van der Waals surface area contributed by atoms with Gasteiger partial charge >= 0.3 is 5.97 Å². The van der Waals surface area contributed by atoms with E-state index in [1.165, 1.54) is 5.56 Å². The van der Waals surface area contributed by atoms with E-state index in [4.69, 9.17) is 0 Å². The van der Waals surface area contributed by atoms with Crippen LogP contribution < -0.4 is 0 Å². The van der Waals surface area contributed by atoms with Gasteiger partial charge < -0.3 is 5.11 Å². The molecule has 0 saturated carbocycles. The van der Waals surface area contributed by atoms with Crippen molar-refractivity contribution in [3.05, 3.63) is 71.4 Å². The molecule has 0 bridgehead atoms. The summed E-state index contributed by atoms with van der Waals surface area (Å²) in [4.78, 5) is 11.8. The molecule has 2 aromatic carbocycles. The Bertz CT molecular complexity index is 863. The number of benzene rings is 2. The highest BCUT2D eigenvalue weighted by Gasteiger charge is 2.23. The Hall–Kier alpha value is -2.88. The molecule has 0 saturated heterocycles. The highest BCUT2D eigenvalue weighted by atomic mass is 16.4. The van der Waals surface area contributed by atoms with Crippen molar-refractivity contribution < 1.29 is 9.90 Å². The van der Waals surface area contributed by atoms with Crippen LogP contribution in [0.1, 0.15) is 41.4 Å². The second-order valence-corrected chi connectivity index (χ2v) is 6.14. The number of para-hydroxylation sites is 1. The summed E-state index contributed by atoms with van der Waals surface area (Å²) in [5, 5.41) is 14.1. The molecule has 24 heavy (non-hydrogen) atoms. The minimum atomic E-state index is -0.961. The number of aryl methyl sites for hydroxylation is 1. The molecule has 1 heterocycles. The number of hydrogen-bond acceptors (Lipinski definition) is 2. The second kappa shape index (κ2) is 6.32. The van der Waals surface area contributed by atoms with Gasteiger partial charge in [0.05, 0.1) is 17.1 Å². The van der Waals surface area contributed by atoms with Gasteiger partial charge in [-0.25, -0.2) is 9.48 Å². The highest BCUT2D eigenvalue weighted by Crippen LogP contribution is 2.30. The average Bonchev–Trinajstić information content (AvgIpc) is 2.93. The summed E-state index contributed by atoms with van der Waals surface area (Å²) in [6, 6.07) is 17.6. The second-order valence-electron chi connectivity index (χ2n) is 6.14. The van der Waals surface area contributed by atoms with Gasteiger partial charge in [-0.05, 0) is 30.5 Å². The SMILES string of the molecule is Cc1nn(-c2ccccc2)c(-c2ccc(C(C)C)cc2)c1C(=O)O. The maximum absolute atomic E-state index is 11.8. The van der Waals surface area contributed by atoms with E-state index in [0.29, 0.717) is 17.3 Å². The Labute approximate surface area is 141 Å². The smallest absolute Gasteiger partial charge is 0.339 e. The predicted octanol–water partition coefficient (Wildman–Crippen LogP) is 4.67. The van der Waals surface area contributed by atoms with Crippen LogP contribution in [0, 0.1) is 6.92 Å². The normalized spacial score (nSPS) is 11.0. The van der Waals surface area contributed by atoms with Crippen LogP contribution in [0.4, 0.5) is 0 Å². The van der Waals surface area contributed by atoms with E-state index < -0.39 is 5.97 Å². The van der Waals surface area contributed by atoms with E-state index in [0.717, 1.165) is 11.3 Å². The third-order valence-electron chi connectivity index (χ3n) is 4.13. The minimum Gasteiger partial charge on any atom is -0.478 e. The van der Waals surface area contributed by atoms with E-state index in [2.05, 4.69) is 18.9 Å². The summed E-state index contributed by atoms with van der Waals surface area (Å²) in [6.45, 7) is 6.00. The molecular formula is C20H20N2O2. The first-order valence-corrected chi connectivity index (χ1v) is 7.97. The molecule has 0 aliphatic heterocycles. The number of carbonyl (C=O) groups is 1. The molecule has 0 amide bonds. The van der Waals surface area contributed by atoms with Crippen molar-refractivity contribution >= 4 is 5.97 Å². The molecule has 3 rings (SSSR count). The van der Waals surface area contributed by atoms with Crippen molar-refractivity contribution in [2.45, 2.75) is 26.7 Å². The summed E-state index contributed by atoms with van der Waals surface area (Å²) in [7, 11) is 0. The summed E-state index contributed by atoms with van der Waals surface area (Å²) < 4.78 is 1.71. The van der Waals surface area contributed by atoms with Gasteiger partial charge in [0.15, 0.2) is 0 Å². The number of rotatable bonds is 4. The van der Waals surface area contributed by atoms with Crippen molar-refractivity contribution in [1.29, 1.82) is 0 Å². The van der Waals surface area contributed by atoms with Crippen LogP contribution in [0.5, 0.6) is 0 Å². The van der Waals surface area contributed by atoms with Crippen molar-refractivity contribution in [1.82, 2.24) is 9.78 Å². The Morgan fingerprint density at radius 1 is 1.04 bits per heavy atom. The highest BCUT2D eigenvalue weighted by molar-refractivity contribution is 5.96. The monoisotopic (exact) mass is 320 g/mol. The van der Waals surface area contributed by atoms with E-state index in [-0.39, 0.29) is 5.56 Å². The molecule has 0 aliphatic carbocycles. The maximum Gasteiger partial charge on any atom is 0.339 e. The van der Waals surface area contributed by atoms with Crippen molar-refractivity contribution in [2.75, 3.05) is 0 Å². The lowest BCUT2D eigenvalue weighted by molar-refractivity contribution is 0.0697. The molecule has 0 fully saturated rings. The lowest BCUT2D eigenvalue weighted by Gasteiger charge is -2.11. The molecule has 122 valence electrons. The number of hydrogen-bond donors (Lipinski definition) is 1. The topological polar surface area (TPSA) is 55.1 Å².